The molecular weight excluding hydrogens is 538 g/mol. The summed E-state index contributed by atoms with van der Waals surface area (Å²) in [5, 5.41) is 10.8. The number of hydrogen-bond acceptors (Lipinski definition) is 6. The number of nitrogens with zero attached hydrogens (tertiary/aromatic N) is 2. The largest absolute Gasteiger partial charge is 0.507 e. The lowest BCUT2D eigenvalue weighted by molar-refractivity contribution is 0.304. The number of para-hydroxylation sites is 1. The van der Waals surface area contributed by atoms with Crippen molar-refractivity contribution in [2.45, 2.75) is 13.5 Å². The van der Waals surface area contributed by atoms with Crippen molar-refractivity contribution in [2.24, 2.45) is 0 Å². The third-order valence-electron chi connectivity index (χ3n) is 4.64. The van der Waals surface area contributed by atoms with Gasteiger partial charge in [0.15, 0.2) is 5.75 Å². The van der Waals surface area contributed by atoms with Gasteiger partial charge in [0.1, 0.15) is 29.5 Å². The van der Waals surface area contributed by atoms with Crippen molar-refractivity contribution in [1.29, 1.82) is 0 Å². The van der Waals surface area contributed by atoms with Crippen LogP contribution in [0.15, 0.2) is 75.7 Å². The maximum atomic E-state index is 10.8. The Morgan fingerprint density at radius 2 is 1.72 bits per heavy atom. The average molecular weight is 557 g/mol. The molecule has 0 radical (unpaired) electrons. The third kappa shape index (κ3) is 5.03. The molecule has 0 fully saturated rings. The van der Waals surface area contributed by atoms with E-state index in [1.807, 2.05) is 48.5 Å². The van der Waals surface area contributed by atoms with Crippen molar-refractivity contribution >= 4 is 37.8 Å². The van der Waals surface area contributed by atoms with Gasteiger partial charge in [-0.1, -0.05) is 40.2 Å². The van der Waals surface area contributed by atoms with Crippen LogP contribution >= 0.6 is 31.9 Å². The molecule has 32 heavy (non-hydrogen) atoms. The van der Waals surface area contributed by atoms with Crippen LogP contribution in [0, 0.1) is 6.92 Å². The molecule has 3 N–H and O–H groups in total. The van der Waals surface area contributed by atoms with Gasteiger partial charge >= 0.3 is 0 Å². The summed E-state index contributed by atoms with van der Waals surface area (Å²) in [4.78, 5) is 8.56. The fourth-order valence-corrected chi connectivity index (χ4v) is 3.71. The van der Waals surface area contributed by atoms with E-state index in [2.05, 4.69) is 41.8 Å². The molecule has 0 atom stereocenters. The topological polar surface area (TPSA) is 90.5 Å². The van der Waals surface area contributed by atoms with Crippen LogP contribution in [0.1, 0.15) is 11.3 Å². The summed E-state index contributed by atoms with van der Waals surface area (Å²) < 4.78 is 13.7. The average Bonchev–Trinajstić information content (AvgIpc) is 2.76. The molecule has 0 saturated heterocycles. The molecule has 0 saturated carbocycles. The fraction of sp³-hybridized carbons (Fsp3) is 0.0833. The van der Waals surface area contributed by atoms with Gasteiger partial charge in [-0.25, -0.2) is 9.97 Å². The van der Waals surface area contributed by atoms with E-state index < -0.39 is 0 Å². The normalized spacial score (nSPS) is 10.7. The van der Waals surface area contributed by atoms with Crippen LogP contribution in [0.3, 0.4) is 0 Å². The number of phenolic OH excluding ortho intramolecular Hbond substituents is 1. The molecule has 0 aliphatic rings. The summed E-state index contributed by atoms with van der Waals surface area (Å²) >= 11 is 6.89. The molecule has 0 amide bonds. The van der Waals surface area contributed by atoms with Crippen molar-refractivity contribution in [1.82, 2.24) is 9.97 Å². The summed E-state index contributed by atoms with van der Waals surface area (Å²) in [5.74, 6) is 1.62. The Bertz CT molecular complexity index is 1260. The lowest BCUT2D eigenvalue weighted by Crippen LogP contribution is -2.03. The number of benzene rings is 3. The molecule has 0 unspecified atom stereocenters. The highest BCUT2D eigenvalue weighted by molar-refractivity contribution is 9.10. The minimum Gasteiger partial charge on any atom is -0.507 e. The zero-order chi connectivity index (χ0) is 22.7. The molecule has 4 aromatic rings. The number of ether oxygens (including phenoxy) is 2. The van der Waals surface area contributed by atoms with Crippen molar-refractivity contribution in [3.63, 3.8) is 0 Å². The van der Waals surface area contributed by atoms with E-state index in [0.29, 0.717) is 40.8 Å². The SMILES string of the molecule is Cc1nc(N)nc(-c2ccc(OCc3ccc(Br)cc3)cc2O)c1Oc1ccccc1Br. The van der Waals surface area contributed by atoms with Gasteiger partial charge in [-0.15, -0.1) is 0 Å². The zero-order valence-electron chi connectivity index (χ0n) is 17.0. The first kappa shape index (κ1) is 22.1. The summed E-state index contributed by atoms with van der Waals surface area (Å²) in [7, 11) is 0. The highest BCUT2D eigenvalue weighted by Crippen LogP contribution is 2.41. The highest BCUT2D eigenvalue weighted by Gasteiger charge is 2.19. The van der Waals surface area contributed by atoms with Crippen LogP contribution < -0.4 is 15.2 Å². The summed E-state index contributed by atoms with van der Waals surface area (Å²) in [6.07, 6.45) is 0. The number of hydrogen-bond donors (Lipinski definition) is 2. The molecule has 6 nitrogen and oxygen atoms in total. The second-order valence-corrected chi connectivity index (χ2v) is 8.74. The Labute approximate surface area is 202 Å². The van der Waals surface area contributed by atoms with Gasteiger partial charge in [0.05, 0.1) is 10.2 Å². The van der Waals surface area contributed by atoms with Crippen LogP contribution in [-0.2, 0) is 6.61 Å². The zero-order valence-corrected chi connectivity index (χ0v) is 20.2. The van der Waals surface area contributed by atoms with Crippen LogP contribution in [0.4, 0.5) is 5.95 Å². The predicted octanol–water partition coefficient (Wildman–Crippen LogP) is 6.64. The number of anilines is 1. The highest BCUT2D eigenvalue weighted by atomic mass is 79.9. The Kier molecular flexibility index (Phi) is 6.62. The molecule has 0 bridgehead atoms. The first-order valence-corrected chi connectivity index (χ1v) is 11.3. The number of nitrogens with two attached hydrogens (primary N) is 1. The van der Waals surface area contributed by atoms with Crippen LogP contribution in [0.5, 0.6) is 23.0 Å². The van der Waals surface area contributed by atoms with Crippen LogP contribution in [0.25, 0.3) is 11.3 Å². The first-order chi connectivity index (χ1) is 15.4. The number of phenols is 1. The van der Waals surface area contributed by atoms with E-state index in [1.165, 1.54) is 0 Å². The van der Waals surface area contributed by atoms with Gasteiger partial charge in [-0.05, 0) is 64.8 Å². The van der Waals surface area contributed by atoms with Gasteiger partial charge in [0.2, 0.25) is 5.95 Å². The van der Waals surface area contributed by atoms with E-state index >= 15 is 0 Å². The van der Waals surface area contributed by atoms with Crippen molar-refractivity contribution in [3.8, 4) is 34.3 Å². The lowest BCUT2D eigenvalue weighted by Gasteiger charge is -2.15. The van der Waals surface area contributed by atoms with Gasteiger partial charge < -0.3 is 20.3 Å². The van der Waals surface area contributed by atoms with Crippen LogP contribution in [0.2, 0.25) is 0 Å². The molecule has 0 aliphatic heterocycles. The predicted molar refractivity (Wildman–Crippen MR) is 131 cm³/mol. The van der Waals surface area contributed by atoms with Crippen molar-refractivity contribution < 1.29 is 14.6 Å². The summed E-state index contributed by atoms with van der Waals surface area (Å²) in [6, 6.07) is 20.3. The first-order valence-electron chi connectivity index (χ1n) is 9.68. The number of aromatic hydroxyl groups is 1. The third-order valence-corrected chi connectivity index (χ3v) is 5.83. The van der Waals surface area contributed by atoms with Crippen LogP contribution in [-0.4, -0.2) is 15.1 Å². The molecule has 1 heterocycles. The van der Waals surface area contributed by atoms with Crippen molar-refractivity contribution in [2.75, 3.05) is 5.73 Å². The Morgan fingerprint density at radius 1 is 0.969 bits per heavy atom. The smallest absolute Gasteiger partial charge is 0.221 e. The van der Waals surface area contributed by atoms with E-state index in [-0.39, 0.29) is 11.7 Å². The molecule has 162 valence electrons. The van der Waals surface area contributed by atoms with Crippen molar-refractivity contribution in [3.05, 3.63) is 86.9 Å². The Hall–Kier alpha value is -3.10. The maximum absolute atomic E-state index is 10.8. The molecule has 0 spiro atoms. The van der Waals surface area contributed by atoms with Gasteiger partial charge in [-0.2, -0.15) is 0 Å². The van der Waals surface area contributed by atoms with E-state index in [1.54, 1.807) is 25.1 Å². The number of rotatable bonds is 6. The van der Waals surface area contributed by atoms with E-state index in [9.17, 15) is 5.11 Å². The minimum atomic E-state index is -0.00668. The van der Waals surface area contributed by atoms with Gasteiger partial charge in [0.25, 0.3) is 0 Å². The monoisotopic (exact) mass is 555 g/mol. The quantitative estimate of drug-likeness (QED) is 0.277. The van der Waals surface area contributed by atoms with Gasteiger partial charge in [-0.3, -0.25) is 0 Å². The molecule has 0 aliphatic carbocycles. The summed E-state index contributed by atoms with van der Waals surface area (Å²) in [6.45, 7) is 2.16. The standard InChI is InChI=1S/C24H19Br2N3O3/c1-14-23(32-21-5-3-2-4-19(21)26)22(29-24(27)28-14)18-11-10-17(12-20(18)30)31-13-15-6-8-16(25)9-7-15/h2-12,30H,13H2,1H3,(H2,27,28,29). The fourth-order valence-electron chi connectivity index (χ4n) is 3.08. The van der Waals surface area contributed by atoms with E-state index in [0.717, 1.165) is 14.5 Å². The Morgan fingerprint density at radius 3 is 2.44 bits per heavy atom. The van der Waals surface area contributed by atoms with E-state index in [4.69, 9.17) is 15.2 Å². The second-order valence-electron chi connectivity index (χ2n) is 6.97. The second kappa shape index (κ2) is 9.58. The molecule has 8 heteroatoms. The number of aryl methyl sites for hydroxylation is 1. The number of aromatic nitrogens is 2. The maximum Gasteiger partial charge on any atom is 0.221 e. The number of nitrogen functional groups attached to an aromatic ring is 1. The lowest BCUT2D eigenvalue weighted by atomic mass is 10.1. The number of halogens is 2. The summed E-state index contributed by atoms with van der Waals surface area (Å²) in [5.41, 5.74) is 8.31. The molecule has 1 aromatic heterocycles. The molecule has 3 aromatic carbocycles. The molecular formula is C24H19Br2N3O3. The Balaban J connectivity index is 1.64. The van der Waals surface area contributed by atoms with Gasteiger partial charge in [0, 0.05) is 16.1 Å². The minimum absolute atomic E-state index is 0.00668. The molecule has 4 rings (SSSR count).